The molecule has 0 aliphatic carbocycles. The summed E-state index contributed by atoms with van der Waals surface area (Å²) in [6, 6.07) is 17.7. The Bertz CT molecular complexity index is 953. The van der Waals surface area contributed by atoms with E-state index in [-0.39, 0.29) is 0 Å². The molecule has 0 bridgehead atoms. The summed E-state index contributed by atoms with van der Waals surface area (Å²) in [6.45, 7) is 4.51. The number of nitrogens with zero attached hydrogens (tertiary/aromatic N) is 1. The topological polar surface area (TPSA) is 31.1 Å². The van der Waals surface area contributed by atoms with Crippen LogP contribution in [0.4, 0.5) is 5.69 Å². The first kappa shape index (κ1) is 15.7. The van der Waals surface area contributed by atoms with Gasteiger partial charge < -0.3 is 10.3 Å². The molecular weight excluding hydrogens is 318 g/mol. The van der Waals surface area contributed by atoms with E-state index < -0.39 is 0 Å². The minimum atomic E-state index is 0.660. The lowest BCUT2D eigenvalue weighted by Crippen LogP contribution is -2.30. The third-order valence-corrected chi connectivity index (χ3v) is 5.95. The lowest BCUT2D eigenvalue weighted by molar-refractivity contribution is 0.290. The molecular formula is C23H25N3. The van der Waals surface area contributed by atoms with Gasteiger partial charge in [0.15, 0.2) is 0 Å². The van der Waals surface area contributed by atoms with Crippen LogP contribution in [-0.4, -0.2) is 36.1 Å². The quantitative estimate of drug-likeness (QED) is 0.709. The summed E-state index contributed by atoms with van der Waals surface area (Å²) in [5, 5.41) is 4.85. The zero-order valence-corrected chi connectivity index (χ0v) is 15.0. The molecule has 26 heavy (non-hydrogen) atoms. The van der Waals surface area contributed by atoms with Gasteiger partial charge in [0.1, 0.15) is 0 Å². The van der Waals surface area contributed by atoms with E-state index in [0.29, 0.717) is 5.92 Å². The average Bonchev–Trinajstić information content (AvgIpc) is 3.33. The molecule has 1 aromatic heterocycles. The first-order valence-electron chi connectivity index (χ1n) is 9.68. The van der Waals surface area contributed by atoms with Crippen molar-refractivity contribution in [3.8, 4) is 0 Å². The number of anilines is 1. The third-order valence-electron chi connectivity index (χ3n) is 5.95. The number of aromatic amines is 1. The Morgan fingerprint density at radius 2 is 2.04 bits per heavy atom. The minimum absolute atomic E-state index is 0.660. The van der Waals surface area contributed by atoms with Gasteiger partial charge in [0.25, 0.3) is 0 Å². The van der Waals surface area contributed by atoms with E-state index in [1.54, 1.807) is 0 Å². The highest BCUT2D eigenvalue weighted by atomic mass is 15.1. The van der Waals surface area contributed by atoms with E-state index in [2.05, 4.69) is 69.8 Å². The maximum atomic E-state index is 3.55. The summed E-state index contributed by atoms with van der Waals surface area (Å²) in [5.41, 5.74) is 6.93. The van der Waals surface area contributed by atoms with Crippen molar-refractivity contribution in [2.75, 3.05) is 31.5 Å². The normalized spacial score (nSPS) is 20.0. The van der Waals surface area contributed by atoms with E-state index in [9.17, 15) is 0 Å². The highest BCUT2D eigenvalue weighted by molar-refractivity contribution is 5.84. The first-order chi connectivity index (χ1) is 12.9. The van der Waals surface area contributed by atoms with Gasteiger partial charge in [0.05, 0.1) is 0 Å². The summed E-state index contributed by atoms with van der Waals surface area (Å²) < 4.78 is 0. The Kier molecular flexibility index (Phi) is 4.02. The second kappa shape index (κ2) is 6.65. The third kappa shape index (κ3) is 2.93. The number of H-pyrrole nitrogens is 1. The minimum Gasteiger partial charge on any atom is -0.384 e. The van der Waals surface area contributed by atoms with Crippen molar-refractivity contribution in [3.05, 3.63) is 71.9 Å². The predicted molar refractivity (Wildman–Crippen MR) is 110 cm³/mol. The standard InChI is InChI=1S/C23H25N3/c1-2-4-23-21(3-1)20(16-25-23)10-14-26-12-8-17(9-13-26)18-5-6-22-19(15-18)7-11-24-22/h1-8,11,15,20,24-25H,9-10,12-14,16H2/t20-/m1/s1. The first-order valence-corrected chi connectivity index (χ1v) is 9.68. The van der Waals surface area contributed by atoms with Gasteiger partial charge >= 0.3 is 0 Å². The van der Waals surface area contributed by atoms with Gasteiger partial charge in [0.2, 0.25) is 0 Å². The highest BCUT2D eigenvalue weighted by Gasteiger charge is 2.22. The summed E-state index contributed by atoms with van der Waals surface area (Å²) in [7, 11) is 0. The van der Waals surface area contributed by atoms with Crippen LogP contribution in [0.25, 0.3) is 16.5 Å². The Morgan fingerprint density at radius 3 is 2.96 bits per heavy atom. The van der Waals surface area contributed by atoms with E-state index in [4.69, 9.17) is 0 Å². The molecule has 1 atom stereocenters. The van der Waals surface area contributed by atoms with Gasteiger partial charge in [-0.2, -0.15) is 0 Å². The van der Waals surface area contributed by atoms with Crippen molar-refractivity contribution in [2.24, 2.45) is 0 Å². The number of fused-ring (bicyclic) bond motifs is 2. The molecule has 132 valence electrons. The van der Waals surface area contributed by atoms with Crippen LogP contribution in [0, 0.1) is 0 Å². The van der Waals surface area contributed by atoms with Crippen molar-refractivity contribution in [3.63, 3.8) is 0 Å². The molecule has 0 unspecified atom stereocenters. The van der Waals surface area contributed by atoms with Crippen LogP contribution in [0.5, 0.6) is 0 Å². The summed E-state index contributed by atoms with van der Waals surface area (Å²) in [5.74, 6) is 0.660. The molecule has 0 spiro atoms. The Morgan fingerprint density at radius 1 is 1.08 bits per heavy atom. The van der Waals surface area contributed by atoms with Gasteiger partial charge in [0, 0.05) is 43.0 Å². The molecule has 5 rings (SSSR count). The van der Waals surface area contributed by atoms with E-state index in [1.165, 1.54) is 52.8 Å². The monoisotopic (exact) mass is 343 g/mol. The van der Waals surface area contributed by atoms with Crippen molar-refractivity contribution in [1.29, 1.82) is 0 Å². The molecule has 0 radical (unpaired) electrons. The molecule has 3 nitrogen and oxygen atoms in total. The second-order valence-corrected chi connectivity index (χ2v) is 7.51. The van der Waals surface area contributed by atoms with Crippen molar-refractivity contribution in [1.82, 2.24) is 9.88 Å². The van der Waals surface area contributed by atoms with E-state index in [0.717, 1.165) is 19.5 Å². The number of para-hydroxylation sites is 1. The maximum Gasteiger partial charge on any atom is 0.0454 e. The van der Waals surface area contributed by atoms with Gasteiger partial charge in [-0.05, 0) is 65.7 Å². The molecule has 2 aliphatic rings. The number of rotatable bonds is 4. The lowest BCUT2D eigenvalue weighted by atomic mass is 9.96. The fraction of sp³-hybridized carbons (Fsp3) is 0.304. The number of hydrogen-bond acceptors (Lipinski definition) is 2. The van der Waals surface area contributed by atoms with Crippen LogP contribution in [0.1, 0.15) is 29.9 Å². The van der Waals surface area contributed by atoms with Crippen molar-refractivity contribution in [2.45, 2.75) is 18.8 Å². The maximum absolute atomic E-state index is 3.55. The smallest absolute Gasteiger partial charge is 0.0454 e. The van der Waals surface area contributed by atoms with E-state index in [1.807, 2.05) is 6.20 Å². The highest BCUT2D eigenvalue weighted by Crippen LogP contribution is 2.33. The molecule has 0 amide bonds. The van der Waals surface area contributed by atoms with Gasteiger partial charge in [-0.25, -0.2) is 0 Å². The Hall–Kier alpha value is -2.52. The molecule has 0 saturated carbocycles. The number of nitrogens with one attached hydrogen (secondary N) is 2. The lowest BCUT2D eigenvalue weighted by Gasteiger charge is -2.27. The summed E-state index contributed by atoms with van der Waals surface area (Å²) >= 11 is 0. The zero-order chi connectivity index (χ0) is 17.3. The van der Waals surface area contributed by atoms with Crippen molar-refractivity contribution < 1.29 is 0 Å². The van der Waals surface area contributed by atoms with Crippen molar-refractivity contribution >= 4 is 22.2 Å². The number of aromatic nitrogens is 1. The predicted octanol–water partition coefficient (Wildman–Crippen LogP) is 4.86. The zero-order valence-electron chi connectivity index (χ0n) is 15.0. The fourth-order valence-corrected chi connectivity index (χ4v) is 4.38. The van der Waals surface area contributed by atoms with Crippen LogP contribution in [0.2, 0.25) is 0 Å². The number of benzene rings is 2. The Balaban J connectivity index is 1.21. The molecule has 2 aliphatic heterocycles. The van der Waals surface area contributed by atoms with Crippen LogP contribution >= 0.6 is 0 Å². The largest absolute Gasteiger partial charge is 0.384 e. The molecule has 2 aromatic carbocycles. The second-order valence-electron chi connectivity index (χ2n) is 7.51. The molecule has 0 saturated heterocycles. The SMILES string of the molecule is C1=C(c2ccc3[nH]ccc3c2)CCN(CC[C@@H]2CNc3ccccc32)C1. The molecule has 0 fully saturated rings. The summed E-state index contributed by atoms with van der Waals surface area (Å²) in [6.07, 6.45) is 6.83. The molecule has 3 aromatic rings. The van der Waals surface area contributed by atoms with Crippen LogP contribution < -0.4 is 5.32 Å². The van der Waals surface area contributed by atoms with Crippen LogP contribution in [0.3, 0.4) is 0 Å². The average molecular weight is 343 g/mol. The summed E-state index contributed by atoms with van der Waals surface area (Å²) in [4.78, 5) is 5.87. The van der Waals surface area contributed by atoms with Gasteiger partial charge in [-0.15, -0.1) is 0 Å². The fourth-order valence-electron chi connectivity index (χ4n) is 4.38. The van der Waals surface area contributed by atoms with Crippen LogP contribution in [-0.2, 0) is 0 Å². The van der Waals surface area contributed by atoms with E-state index >= 15 is 0 Å². The van der Waals surface area contributed by atoms with Gasteiger partial charge in [-0.1, -0.05) is 30.3 Å². The molecule has 2 N–H and O–H groups in total. The molecule has 3 heteroatoms. The van der Waals surface area contributed by atoms with Gasteiger partial charge in [-0.3, -0.25) is 4.90 Å². The number of hydrogen-bond donors (Lipinski definition) is 2. The van der Waals surface area contributed by atoms with Crippen LogP contribution in [0.15, 0.2) is 60.8 Å². The molecule has 3 heterocycles. The Labute approximate surface area is 154 Å².